The van der Waals surface area contributed by atoms with Crippen LogP contribution in [0.25, 0.3) is 5.69 Å². The third-order valence-corrected chi connectivity index (χ3v) is 3.45. The Morgan fingerprint density at radius 1 is 1.29 bits per heavy atom. The number of aromatic nitrogens is 2. The molecule has 4 nitrogen and oxygen atoms in total. The molecule has 0 atom stereocenters. The van der Waals surface area contributed by atoms with E-state index in [0.29, 0.717) is 17.4 Å². The van der Waals surface area contributed by atoms with Crippen molar-refractivity contribution in [1.29, 1.82) is 0 Å². The number of aryl methyl sites for hydroxylation is 1. The largest absolute Gasteiger partial charge is 0.334 e. The van der Waals surface area contributed by atoms with Crippen molar-refractivity contribution in [3.8, 4) is 5.69 Å². The van der Waals surface area contributed by atoms with Gasteiger partial charge in [0.05, 0.1) is 5.56 Å². The molecule has 0 aliphatic carbocycles. The van der Waals surface area contributed by atoms with Crippen LogP contribution < -0.4 is 11.2 Å². The zero-order valence-corrected chi connectivity index (χ0v) is 12.2. The summed E-state index contributed by atoms with van der Waals surface area (Å²) in [6.45, 7) is 3.24. The average Bonchev–Trinajstić information content (AvgIpc) is 2.42. The molecule has 0 spiro atoms. The molecular weight excluding hydrogens is 302 g/mol. The first-order valence-electron chi connectivity index (χ1n) is 6.37. The minimum atomic E-state index is -0.990. The quantitative estimate of drug-likeness (QED) is 0.886. The topological polar surface area (TPSA) is 54.9 Å². The summed E-state index contributed by atoms with van der Waals surface area (Å²) in [6, 6.07) is 2.24. The van der Waals surface area contributed by atoms with Crippen LogP contribution in [0.2, 0.25) is 5.15 Å². The van der Waals surface area contributed by atoms with Crippen LogP contribution in [0.1, 0.15) is 24.5 Å². The number of nitrogens with zero attached hydrogens (tertiary/aromatic N) is 1. The van der Waals surface area contributed by atoms with Crippen molar-refractivity contribution in [2.24, 2.45) is 0 Å². The lowest BCUT2D eigenvalue weighted by Crippen LogP contribution is -2.37. The molecule has 21 heavy (non-hydrogen) atoms. The molecule has 0 aliphatic heterocycles. The molecule has 112 valence electrons. The van der Waals surface area contributed by atoms with Gasteiger partial charge in [-0.1, -0.05) is 31.0 Å². The molecule has 0 fully saturated rings. The van der Waals surface area contributed by atoms with Crippen LogP contribution in [0.15, 0.2) is 21.7 Å². The van der Waals surface area contributed by atoms with Crippen molar-refractivity contribution < 1.29 is 8.78 Å². The first kappa shape index (κ1) is 15.4. The molecule has 0 amide bonds. The van der Waals surface area contributed by atoms with Gasteiger partial charge in [0.25, 0.3) is 5.56 Å². The molecule has 1 aromatic heterocycles. The van der Waals surface area contributed by atoms with Crippen molar-refractivity contribution >= 4 is 11.6 Å². The van der Waals surface area contributed by atoms with Gasteiger partial charge in [0.15, 0.2) is 11.6 Å². The molecule has 7 heteroatoms. The van der Waals surface area contributed by atoms with Gasteiger partial charge in [-0.3, -0.25) is 9.78 Å². The SMILES string of the molecule is CCCc1c(Cl)[nH]c(=O)n(-c2c(F)ccc(C)c2F)c1=O. The Labute approximate surface area is 124 Å². The van der Waals surface area contributed by atoms with E-state index in [1.54, 1.807) is 0 Å². The van der Waals surface area contributed by atoms with E-state index in [0.717, 1.165) is 6.07 Å². The van der Waals surface area contributed by atoms with Crippen LogP contribution in [-0.4, -0.2) is 9.55 Å². The fraction of sp³-hybridized carbons (Fsp3) is 0.286. The van der Waals surface area contributed by atoms with Crippen molar-refractivity contribution in [3.63, 3.8) is 0 Å². The average molecular weight is 315 g/mol. The minimum Gasteiger partial charge on any atom is -0.297 e. The molecular formula is C14H13ClF2N2O2. The number of hydrogen-bond acceptors (Lipinski definition) is 2. The summed E-state index contributed by atoms with van der Waals surface area (Å²) in [6.07, 6.45) is 0.892. The Morgan fingerprint density at radius 3 is 2.57 bits per heavy atom. The lowest BCUT2D eigenvalue weighted by molar-refractivity contribution is 0.555. The van der Waals surface area contributed by atoms with Crippen molar-refractivity contribution in [1.82, 2.24) is 9.55 Å². The third-order valence-electron chi connectivity index (χ3n) is 3.13. The number of hydrogen-bond donors (Lipinski definition) is 1. The number of rotatable bonds is 3. The second kappa shape index (κ2) is 5.81. The van der Waals surface area contributed by atoms with Crippen molar-refractivity contribution in [2.45, 2.75) is 26.7 Å². The molecule has 0 bridgehead atoms. The summed E-state index contributed by atoms with van der Waals surface area (Å²) in [5.74, 6) is -1.94. The monoisotopic (exact) mass is 314 g/mol. The van der Waals surface area contributed by atoms with E-state index in [2.05, 4.69) is 4.98 Å². The molecule has 2 aromatic rings. The summed E-state index contributed by atoms with van der Waals surface area (Å²) in [5, 5.41) is -0.100. The summed E-state index contributed by atoms with van der Waals surface area (Å²) >= 11 is 5.83. The molecule has 0 aliphatic rings. The predicted molar refractivity (Wildman–Crippen MR) is 76.3 cm³/mol. The van der Waals surface area contributed by atoms with Gasteiger partial charge in [0.1, 0.15) is 10.8 Å². The van der Waals surface area contributed by atoms with E-state index in [4.69, 9.17) is 11.6 Å². The van der Waals surface area contributed by atoms with Crippen LogP contribution in [0.3, 0.4) is 0 Å². The van der Waals surface area contributed by atoms with E-state index in [1.807, 2.05) is 6.92 Å². The van der Waals surface area contributed by atoms with Crippen LogP contribution >= 0.6 is 11.6 Å². The van der Waals surface area contributed by atoms with Crippen LogP contribution in [-0.2, 0) is 6.42 Å². The first-order chi connectivity index (χ1) is 9.88. The van der Waals surface area contributed by atoms with Gasteiger partial charge in [0.2, 0.25) is 0 Å². The van der Waals surface area contributed by atoms with Gasteiger partial charge in [-0.15, -0.1) is 0 Å². The van der Waals surface area contributed by atoms with E-state index in [-0.39, 0.29) is 16.3 Å². The van der Waals surface area contributed by atoms with E-state index in [1.165, 1.54) is 13.0 Å². The predicted octanol–water partition coefficient (Wildman–Crippen LogP) is 2.72. The fourth-order valence-electron chi connectivity index (χ4n) is 2.06. The Morgan fingerprint density at radius 2 is 1.95 bits per heavy atom. The van der Waals surface area contributed by atoms with Crippen LogP contribution in [0.4, 0.5) is 8.78 Å². The highest BCUT2D eigenvalue weighted by molar-refractivity contribution is 6.30. The summed E-state index contributed by atoms with van der Waals surface area (Å²) in [7, 11) is 0. The molecule has 0 unspecified atom stereocenters. The zero-order valence-electron chi connectivity index (χ0n) is 11.5. The van der Waals surface area contributed by atoms with Gasteiger partial charge < -0.3 is 0 Å². The van der Waals surface area contributed by atoms with Gasteiger partial charge in [-0.05, 0) is 25.0 Å². The molecule has 0 saturated heterocycles. The Balaban J connectivity index is 2.89. The molecule has 1 heterocycles. The zero-order chi connectivity index (χ0) is 15.7. The number of H-pyrrole nitrogens is 1. The Bertz CT molecular complexity index is 812. The van der Waals surface area contributed by atoms with Gasteiger partial charge >= 0.3 is 5.69 Å². The number of halogens is 3. The fourth-order valence-corrected chi connectivity index (χ4v) is 2.32. The summed E-state index contributed by atoms with van der Waals surface area (Å²) in [4.78, 5) is 26.5. The smallest absolute Gasteiger partial charge is 0.297 e. The number of benzene rings is 1. The van der Waals surface area contributed by atoms with Crippen LogP contribution in [0.5, 0.6) is 0 Å². The number of nitrogens with one attached hydrogen (secondary N) is 1. The number of aromatic amines is 1. The Hall–Kier alpha value is -1.95. The lowest BCUT2D eigenvalue weighted by Gasteiger charge is -2.11. The standard InChI is InChI=1S/C14H13ClF2N2O2/c1-3-4-8-12(15)18-14(21)19(13(8)20)11-9(16)6-5-7(2)10(11)17/h5-6H,3-4H2,1-2H3,(H,18,21). The van der Waals surface area contributed by atoms with Crippen LogP contribution in [0, 0.1) is 18.6 Å². The maximum absolute atomic E-state index is 14.1. The Kier molecular flexibility index (Phi) is 4.27. The molecule has 2 rings (SSSR count). The lowest BCUT2D eigenvalue weighted by atomic mass is 10.1. The maximum Gasteiger partial charge on any atom is 0.334 e. The molecule has 0 radical (unpaired) electrons. The first-order valence-corrected chi connectivity index (χ1v) is 6.75. The van der Waals surface area contributed by atoms with E-state index >= 15 is 0 Å². The molecule has 1 aromatic carbocycles. The summed E-state index contributed by atoms with van der Waals surface area (Å²) < 4.78 is 28.5. The second-order valence-corrected chi connectivity index (χ2v) is 5.02. The van der Waals surface area contributed by atoms with E-state index < -0.39 is 28.6 Å². The van der Waals surface area contributed by atoms with Gasteiger partial charge in [-0.2, -0.15) is 0 Å². The van der Waals surface area contributed by atoms with Crippen molar-refractivity contribution in [2.75, 3.05) is 0 Å². The second-order valence-electron chi connectivity index (χ2n) is 4.64. The van der Waals surface area contributed by atoms with E-state index in [9.17, 15) is 18.4 Å². The molecule has 1 N–H and O–H groups in total. The third kappa shape index (κ3) is 2.63. The highest BCUT2D eigenvalue weighted by Gasteiger charge is 2.20. The highest BCUT2D eigenvalue weighted by Crippen LogP contribution is 2.19. The minimum absolute atomic E-state index is 0.100. The molecule has 0 saturated carbocycles. The highest BCUT2D eigenvalue weighted by atomic mass is 35.5. The van der Waals surface area contributed by atoms with Gasteiger partial charge in [0, 0.05) is 0 Å². The van der Waals surface area contributed by atoms with Crippen molar-refractivity contribution in [3.05, 3.63) is 60.9 Å². The maximum atomic E-state index is 14.1. The normalized spacial score (nSPS) is 10.9. The van der Waals surface area contributed by atoms with Gasteiger partial charge in [-0.25, -0.2) is 18.1 Å². The summed E-state index contributed by atoms with van der Waals surface area (Å²) in [5.41, 5.74) is -2.22.